The van der Waals surface area contributed by atoms with Crippen molar-refractivity contribution in [2.24, 2.45) is 0 Å². The van der Waals surface area contributed by atoms with E-state index in [0.717, 1.165) is 38.3 Å². The van der Waals surface area contributed by atoms with Crippen molar-refractivity contribution in [3.8, 4) is 5.75 Å². The molecule has 1 fully saturated rings. The lowest BCUT2D eigenvalue weighted by atomic mass is 10.1. The van der Waals surface area contributed by atoms with Crippen LogP contribution in [0.3, 0.4) is 0 Å². The molecule has 0 aliphatic carbocycles. The van der Waals surface area contributed by atoms with Crippen molar-refractivity contribution in [1.82, 2.24) is 20.1 Å². The number of aromatic amines is 1. The molecule has 8 heteroatoms. The fourth-order valence-electron chi connectivity index (χ4n) is 2.54. The maximum Gasteiger partial charge on any atom is 0.269 e. The number of non-ortho nitro benzene ring substituents is 1. The Morgan fingerprint density at radius 1 is 1.32 bits per heavy atom. The molecule has 1 N–H and O–H groups in total. The number of ether oxygens (including phenoxy) is 1. The molecule has 22 heavy (non-hydrogen) atoms. The van der Waals surface area contributed by atoms with Crippen molar-refractivity contribution in [2.45, 2.75) is 25.5 Å². The van der Waals surface area contributed by atoms with Crippen LogP contribution in [0, 0.1) is 10.1 Å². The highest BCUT2D eigenvalue weighted by Gasteiger charge is 2.21. The number of H-pyrrole nitrogens is 1. The molecular formula is C14H17N5O3. The Morgan fingerprint density at radius 3 is 2.64 bits per heavy atom. The molecule has 1 aromatic heterocycles. The molecule has 0 atom stereocenters. The van der Waals surface area contributed by atoms with Crippen molar-refractivity contribution < 1.29 is 9.66 Å². The van der Waals surface area contributed by atoms with Crippen LogP contribution in [-0.4, -0.2) is 44.2 Å². The van der Waals surface area contributed by atoms with Crippen LogP contribution in [0.1, 0.15) is 18.7 Å². The maximum atomic E-state index is 10.6. The first-order chi connectivity index (χ1) is 10.7. The summed E-state index contributed by atoms with van der Waals surface area (Å²) in [6.07, 6.45) is 3.50. The number of benzene rings is 1. The number of nitrogens with one attached hydrogen (secondary N) is 1. The van der Waals surface area contributed by atoms with E-state index in [9.17, 15) is 10.1 Å². The van der Waals surface area contributed by atoms with Gasteiger partial charge in [-0.1, -0.05) is 0 Å². The lowest BCUT2D eigenvalue weighted by Gasteiger charge is -2.31. The van der Waals surface area contributed by atoms with Crippen LogP contribution in [-0.2, 0) is 6.54 Å². The van der Waals surface area contributed by atoms with Crippen molar-refractivity contribution in [2.75, 3.05) is 13.1 Å². The summed E-state index contributed by atoms with van der Waals surface area (Å²) in [5.41, 5.74) is 0.0780. The molecule has 116 valence electrons. The molecule has 3 rings (SSSR count). The lowest BCUT2D eigenvalue weighted by Crippen LogP contribution is -2.38. The van der Waals surface area contributed by atoms with Crippen LogP contribution in [0.2, 0.25) is 0 Å². The zero-order valence-electron chi connectivity index (χ0n) is 12.0. The van der Waals surface area contributed by atoms with Crippen LogP contribution in [0.15, 0.2) is 30.6 Å². The predicted molar refractivity (Wildman–Crippen MR) is 78.4 cm³/mol. The van der Waals surface area contributed by atoms with Crippen molar-refractivity contribution in [3.05, 3.63) is 46.5 Å². The Kier molecular flexibility index (Phi) is 4.29. The molecule has 1 aliphatic heterocycles. The van der Waals surface area contributed by atoms with E-state index in [1.54, 1.807) is 12.1 Å². The van der Waals surface area contributed by atoms with Gasteiger partial charge in [0.2, 0.25) is 0 Å². The first-order valence-corrected chi connectivity index (χ1v) is 7.18. The van der Waals surface area contributed by atoms with Crippen LogP contribution in [0.5, 0.6) is 5.75 Å². The molecule has 0 bridgehead atoms. The number of aromatic nitrogens is 3. The second-order valence-corrected chi connectivity index (χ2v) is 5.28. The fourth-order valence-corrected chi connectivity index (χ4v) is 2.54. The van der Waals surface area contributed by atoms with Gasteiger partial charge in [0.25, 0.3) is 5.69 Å². The Hall–Kier alpha value is -2.48. The van der Waals surface area contributed by atoms with E-state index >= 15 is 0 Å². The summed E-state index contributed by atoms with van der Waals surface area (Å²) in [6.45, 7) is 2.63. The summed E-state index contributed by atoms with van der Waals surface area (Å²) in [5, 5.41) is 17.3. The highest BCUT2D eigenvalue weighted by molar-refractivity contribution is 5.36. The molecule has 2 aromatic rings. The Labute approximate surface area is 127 Å². The second-order valence-electron chi connectivity index (χ2n) is 5.28. The van der Waals surface area contributed by atoms with Crippen molar-refractivity contribution in [1.29, 1.82) is 0 Å². The van der Waals surface area contributed by atoms with Gasteiger partial charge in [-0.2, -0.15) is 5.10 Å². The van der Waals surface area contributed by atoms with Gasteiger partial charge >= 0.3 is 0 Å². The Morgan fingerprint density at radius 2 is 2.05 bits per heavy atom. The number of hydrogen-bond donors (Lipinski definition) is 1. The molecule has 0 spiro atoms. The highest BCUT2D eigenvalue weighted by atomic mass is 16.6. The molecular weight excluding hydrogens is 286 g/mol. The van der Waals surface area contributed by atoms with Crippen LogP contribution in [0.4, 0.5) is 5.69 Å². The monoisotopic (exact) mass is 303 g/mol. The van der Waals surface area contributed by atoms with Gasteiger partial charge in [0.05, 0.1) is 11.5 Å². The highest BCUT2D eigenvalue weighted by Crippen LogP contribution is 2.22. The molecule has 0 amide bonds. The topological polar surface area (TPSA) is 97.2 Å². The van der Waals surface area contributed by atoms with Crippen LogP contribution >= 0.6 is 0 Å². The quantitative estimate of drug-likeness (QED) is 0.667. The summed E-state index contributed by atoms with van der Waals surface area (Å²) in [7, 11) is 0. The molecule has 1 aliphatic rings. The number of piperidine rings is 1. The SMILES string of the molecule is O=[N+]([O-])c1ccc(OC2CCN(Cc3ncn[nH]3)CC2)cc1. The van der Waals surface area contributed by atoms with E-state index in [0.29, 0.717) is 5.75 Å². The third-order valence-electron chi connectivity index (χ3n) is 3.72. The second kappa shape index (κ2) is 6.52. The predicted octanol–water partition coefficient (Wildman–Crippen LogP) is 1.76. The standard InChI is InChI=1S/C14H17N5O3/c20-19(21)11-1-3-12(4-2-11)22-13-5-7-18(8-6-13)9-14-15-10-16-17-14/h1-4,10,13H,5-9H2,(H,15,16,17). The minimum absolute atomic E-state index is 0.0780. The normalized spacial score (nSPS) is 16.5. The van der Waals surface area contributed by atoms with Crippen molar-refractivity contribution in [3.63, 3.8) is 0 Å². The molecule has 1 saturated heterocycles. The number of nitro benzene ring substituents is 1. The molecule has 1 aromatic carbocycles. The molecule has 0 radical (unpaired) electrons. The zero-order chi connectivity index (χ0) is 15.4. The summed E-state index contributed by atoms with van der Waals surface area (Å²) in [6, 6.07) is 6.24. The van der Waals surface area contributed by atoms with Gasteiger partial charge in [0.1, 0.15) is 24.0 Å². The van der Waals surface area contributed by atoms with E-state index in [1.165, 1.54) is 18.5 Å². The van der Waals surface area contributed by atoms with Gasteiger partial charge in [-0.25, -0.2) is 4.98 Å². The van der Waals surface area contributed by atoms with Crippen molar-refractivity contribution >= 4 is 5.69 Å². The Bertz CT molecular complexity index is 606. The van der Waals surface area contributed by atoms with Gasteiger partial charge in [-0.05, 0) is 25.0 Å². The van der Waals surface area contributed by atoms with Gasteiger partial charge < -0.3 is 4.74 Å². The largest absolute Gasteiger partial charge is 0.490 e. The van der Waals surface area contributed by atoms with Crippen LogP contribution < -0.4 is 4.74 Å². The van der Waals surface area contributed by atoms with Gasteiger partial charge in [-0.3, -0.25) is 20.1 Å². The molecule has 0 saturated carbocycles. The summed E-state index contributed by atoms with van der Waals surface area (Å²) in [4.78, 5) is 16.6. The molecule has 2 heterocycles. The number of nitro groups is 1. The number of hydrogen-bond acceptors (Lipinski definition) is 6. The summed E-state index contributed by atoms with van der Waals surface area (Å²) >= 11 is 0. The third kappa shape index (κ3) is 3.59. The summed E-state index contributed by atoms with van der Waals surface area (Å²) in [5.74, 6) is 1.55. The zero-order valence-corrected chi connectivity index (χ0v) is 12.0. The number of nitrogens with zero attached hydrogens (tertiary/aromatic N) is 4. The number of likely N-dealkylation sites (tertiary alicyclic amines) is 1. The van der Waals surface area contributed by atoms with E-state index in [4.69, 9.17) is 4.74 Å². The van der Waals surface area contributed by atoms with Gasteiger partial charge in [0.15, 0.2) is 0 Å². The minimum atomic E-state index is -0.411. The average Bonchev–Trinajstić information content (AvgIpc) is 3.03. The summed E-state index contributed by atoms with van der Waals surface area (Å²) < 4.78 is 5.89. The van der Waals surface area contributed by atoms with Gasteiger partial charge in [-0.15, -0.1) is 0 Å². The van der Waals surface area contributed by atoms with E-state index < -0.39 is 4.92 Å². The van der Waals surface area contributed by atoms with Crippen LogP contribution in [0.25, 0.3) is 0 Å². The molecule has 0 unspecified atom stereocenters. The van der Waals surface area contributed by atoms with E-state index in [-0.39, 0.29) is 11.8 Å². The molecule has 8 nitrogen and oxygen atoms in total. The number of rotatable bonds is 5. The minimum Gasteiger partial charge on any atom is -0.490 e. The van der Waals surface area contributed by atoms with E-state index in [2.05, 4.69) is 20.1 Å². The average molecular weight is 303 g/mol. The van der Waals surface area contributed by atoms with E-state index in [1.807, 2.05) is 0 Å². The maximum absolute atomic E-state index is 10.6. The van der Waals surface area contributed by atoms with Gasteiger partial charge in [0, 0.05) is 25.2 Å². The first-order valence-electron chi connectivity index (χ1n) is 7.18. The third-order valence-corrected chi connectivity index (χ3v) is 3.72. The lowest BCUT2D eigenvalue weighted by molar-refractivity contribution is -0.384. The first kappa shape index (κ1) is 14.5. The smallest absolute Gasteiger partial charge is 0.269 e. The fraction of sp³-hybridized carbons (Fsp3) is 0.429. The Balaban J connectivity index is 1.48.